The van der Waals surface area contributed by atoms with Gasteiger partial charge in [0.05, 0.1) is 17.8 Å². The van der Waals surface area contributed by atoms with Crippen LogP contribution in [0.5, 0.6) is 0 Å². The highest BCUT2D eigenvalue weighted by molar-refractivity contribution is 5.35. The van der Waals surface area contributed by atoms with Gasteiger partial charge in [0.25, 0.3) is 0 Å². The van der Waals surface area contributed by atoms with Crippen LogP contribution in [0.15, 0.2) is 30.5 Å². The van der Waals surface area contributed by atoms with Gasteiger partial charge in [-0.3, -0.25) is 5.32 Å². The summed E-state index contributed by atoms with van der Waals surface area (Å²) < 4.78 is 0. The van der Waals surface area contributed by atoms with Crippen LogP contribution >= 0.6 is 0 Å². The molecule has 0 saturated heterocycles. The van der Waals surface area contributed by atoms with Crippen molar-refractivity contribution in [2.45, 2.75) is 12.5 Å². The number of nitriles is 1. The van der Waals surface area contributed by atoms with Crippen molar-refractivity contribution in [3.63, 3.8) is 0 Å². The highest BCUT2D eigenvalue weighted by Crippen LogP contribution is 2.27. The Morgan fingerprint density at radius 1 is 1.31 bits per heavy atom. The molecule has 1 aliphatic rings. The number of nitrogens with one attached hydrogen (secondary N) is 1. The van der Waals surface area contributed by atoms with Crippen LogP contribution in [0, 0.1) is 11.3 Å². The molecule has 2 aromatic rings. The zero-order chi connectivity index (χ0) is 11.0. The van der Waals surface area contributed by atoms with E-state index >= 15 is 0 Å². The van der Waals surface area contributed by atoms with Gasteiger partial charge in [0.15, 0.2) is 0 Å². The minimum absolute atomic E-state index is 0.118. The predicted molar refractivity (Wildman–Crippen MR) is 58.0 cm³/mol. The molecule has 2 bridgehead atoms. The molecule has 16 heavy (non-hydrogen) atoms. The van der Waals surface area contributed by atoms with Gasteiger partial charge in [0.2, 0.25) is 0 Å². The average molecular weight is 209 g/mol. The highest BCUT2D eigenvalue weighted by atomic mass is 15.2. The van der Waals surface area contributed by atoms with Crippen molar-refractivity contribution in [1.82, 2.24) is 15.3 Å². The van der Waals surface area contributed by atoms with Crippen LogP contribution in [0.4, 0.5) is 5.82 Å². The lowest BCUT2D eigenvalue weighted by atomic mass is 10.0. The molecule has 1 N–H and O–H groups in total. The largest absolute Gasteiger partial charge is 0.326 e. The van der Waals surface area contributed by atoms with E-state index in [2.05, 4.69) is 21.4 Å². The fraction of sp³-hybridized carbons (Fsp3) is 0.167. The van der Waals surface area contributed by atoms with Crippen LogP contribution in [0.1, 0.15) is 23.0 Å². The molecule has 1 radical (unpaired) electrons. The fourth-order valence-electron chi connectivity index (χ4n) is 1.87. The average Bonchev–Trinajstić information content (AvgIpc) is 2.92. The van der Waals surface area contributed by atoms with E-state index in [1.807, 2.05) is 24.3 Å². The second-order valence-corrected chi connectivity index (χ2v) is 3.81. The molecule has 1 atom stereocenters. The Morgan fingerprint density at radius 3 is 2.69 bits per heavy atom. The van der Waals surface area contributed by atoms with Gasteiger partial charge in [-0.1, -0.05) is 12.1 Å². The Balaban J connectivity index is 1.76. The maximum atomic E-state index is 8.69. The van der Waals surface area contributed by atoms with Crippen LogP contribution in [-0.4, -0.2) is 9.97 Å². The topological polar surface area (TPSA) is 66.6 Å². The van der Waals surface area contributed by atoms with Crippen molar-refractivity contribution in [2.75, 3.05) is 0 Å². The summed E-state index contributed by atoms with van der Waals surface area (Å²) in [7, 11) is 0. The second kappa shape index (κ2) is 3.38. The monoisotopic (exact) mass is 209 g/mol. The maximum absolute atomic E-state index is 8.69. The summed E-state index contributed by atoms with van der Waals surface area (Å²) in [4.78, 5) is 7.33. The molecular formula is C12H9N4. The molecule has 3 rings (SSSR count). The quantitative estimate of drug-likeness (QED) is 0.819. The number of fused-ring (bicyclic) bond motifs is 2. The number of rotatable bonds is 2. The molecule has 0 fully saturated rings. The Hall–Kier alpha value is -2.28. The Kier molecular flexibility index (Phi) is 1.90. The molecule has 1 aromatic heterocycles. The number of benzene rings is 1. The van der Waals surface area contributed by atoms with Gasteiger partial charge in [-0.05, 0) is 17.7 Å². The number of hydrogen-bond acceptors (Lipinski definition) is 2. The van der Waals surface area contributed by atoms with Crippen LogP contribution in [0.25, 0.3) is 0 Å². The van der Waals surface area contributed by atoms with E-state index in [1.54, 1.807) is 6.20 Å². The van der Waals surface area contributed by atoms with E-state index in [9.17, 15) is 0 Å². The first-order valence-electron chi connectivity index (χ1n) is 5.10. The number of aromatic amines is 1. The minimum Gasteiger partial charge on any atom is -0.326 e. The van der Waals surface area contributed by atoms with Crippen molar-refractivity contribution in [2.24, 2.45) is 0 Å². The number of imidazole rings is 1. The van der Waals surface area contributed by atoms with Crippen molar-refractivity contribution in [3.8, 4) is 6.07 Å². The molecule has 1 aromatic carbocycles. The maximum Gasteiger partial charge on any atom is 0.145 e. The zero-order valence-corrected chi connectivity index (χ0v) is 8.51. The third-order valence-corrected chi connectivity index (χ3v) is 2.70. The summed E-state index contributed by atoms with van der Waals surface area (Å²) in [5.41, 5.74) is 1.86. The zero-order valence-electron chi connectivity index (χ0n) is 8.51. The van der Waals surface area contributed by atoms with Gasteiger partial charge < -0.3 is 4.98 Å². The van der Waals surface area contributed by atoms with Crippen LogP contribution in [-0.2, 0) is 6.42 Å². The first-order valence-corrected chi connectivity index (χ1v) is 5.10. The van der Waals surface area contributed by atoms with Gasteiger partial charge in [0, 0.05) is 6.42 Å². The summed E-state index contributed by atoms with van der Waals surface area (Å²) in [6.07, 6.45) is 2.57. The SMILES string of the molecule is N#Cc1ccc(CC2[N]c3cnc2[nH]3)cc1. The highest BCUT2D eigenvalue weighted by Gasteiger charge is 2.24. The molecule has 4 nitrogen and oxygen atoms in total. The normalized spacial score (nSPS) is 16.8. The first kappa shape index (κ1) is 8.98. The van der Waals surface area contributed by atoms with E-state index in [1.165, 1.54) is 5.56 Å². The Morgan fingerprint density at radius 2 is 2.12 bits per heavy atom. The fourth-order valence-corrected chi connectivity index (χ4v) is 1.87. The van der Waals surface area contributed by atoms with E-state index in [0.29, 0.717) is 5.56 Å². The van der Waals surface area contributed by atoms with Crippen LogP contribution in [0.3, 0.4) is 0 Å². The van der Waals surface area contributed by atoms with Crippen molar-refractivity contribution in [1.29, 1.82) is 5.26 Å². The third-order valence-electron chi connectivity index (χ3n) is 2.70. The van der Waals surface area contributed by atoms with Gasteiger partial charge in [-0.2, -0.15) is 5.26 Å². The Labute approximate surface area is 92.9 Å². The summed E-state index contributed by atoms with van der Waals surface area (Å²) in [5.74, 6) is 1.79. The standard InChI is InChI=1S/C12H9N4/c13-6-9-3-1-8(2-4-9)5-10-12-14-7-11(15-10)16-12/h1-4,7,10H,5H2,(H,14,16). The number of nitrogens with zero attached hydrogens (tertiary/aromatic N) is 3. The minimum atomic E-state index is 0.118. The second-order valence-electron chi connectivity index (χ2n) is 3.81. The number of H-pyrrole nitrogens is 1. The van der Waals surface area contributed by atoms with Gasteiger partial charge in [0.1, 0.15) is 17.7 Å². The van der Waals surface area contributed by atoms with Gasteiger partial charge in [-0.25, -0.2) is 4.98 Å². The van der Waals surface area contributed by atoms with Crippen molar-refractivity contribution < 1.29 is 0 Å². The Bertz CT molecular complexity index is 547. The van der Waals surface area contributed by atoms with E-state index < -0.39 is 0 Å². The molecule has 0 spiro atoms. The van der Waals surface area contributed by atoms with E-state index in [0.717, 1.165) is 18.1 Å². The lowest BCUT2D eigenvalue weighted by molar-refractivity contribution is 0.608. The summed E-state index contributed by atoms with van der Waals surface area (Å²) >= 11 is 0. The molecule has 77 valence electrons. The summed E-state index contributed by atoms with van der Waals surface area (Å²) in [6, 6.07) is 9.82. The van der Waals surface area contributed by atoms with E-state index in [-0.39, 0.29) is 6.04 Å². The lowest BCUT2D eigenvalue weighted by Crippen LogP contribution is -2.10. The third kappa shape index (κ3) is 1.43. The molecular weight excluding hydrogens is 200 g/mol. The molecule has 2 heterocycles. The molecule has 1 unspecified atom stereocenters. The van der Waals surface area contributed by atoms with Gasteiger partial charge >= 0.3 is 0 Å². The van der Waals surface area contributed by atoms with Crippen LogP contribution < -0.4 is 5.32 Å². The van der Waals surface area contributed by atoms with Crippen LogP contribution in [0.2, 0.25) is 0 Å². The van der Waals surface area contributed by atoms with Gasteiger partial charge in [-0.15, -0.1) is 0 Å². The number of aromatic nitrogens is 2. The molecule has 0 amide bonds. The first-order chi connectivity index (χ1) is 7.85. The van der Waals surface area contributed by atoms with E-state index in [4.69, 9.17) is 5.26 Å². The van der Waals surface area contributed by atoms with Crippen molar-refractivity contribution in [3.05, 3.63) is 47.4 Å². The molecule has 1 aliphatic heterocycles. The summed E-state index contributed by atoms with van der Waals surface area (Å²) in [5, 5.41) is 13.1. The lowest BCUT2D eigenvalue weighted by Gasteiger charge is -2.10. The molecule has 0 saturated carbocycles. The smallest absolute Gasteiger partial charge is 0.145 e. The molecule has 0 aliphatic carbocycles. The van der Waals surface area contributed by atoms with Crippen molar-refractivity contribution >= 4 is 5.82 Å². The molecule has 4 heteroatoms. The summed E-state index contributed by atoms with van der Waals surface area (Å²) in [6.45, 7) is 0. The number of hydrogen-bond donors (Lipinski definition) is 1. The predicted octanol–water partition coefficient (Wildman–Crippen LogP) is 1.81.